The molecule has 0 spiro atoms. The van der Waals surface area contributed by atoms with Crippen molar-refractivity contribution >= 4 is 27.5 Å². The Morgan fingerprint density at radius 2 is 2.28 bits per heavy atom. The number of aryl methyl sites for hydroxylation is 2. The van der Waals surface area contributed by atoms with Crippen LogP contribution in [0.25, 0.3) is 10.2 Å². The highest BCUT2D eigenvalue weighted by Crippen LogP contribution is 2.35. The van der Waals surface area contributed by atoms with Crippen molar-refractivity contribution in [2.75, 3.05) is 13.2 Å². The maximum Gasteiger partial charge on any atom is 0.262 e. The number of carbonyl (C=O) groups excluding carboxylic acids is 1. The monoisotopic (exact) mass is 411 g/mol. The lowest BCUT2D eigenvalue weighted by molar-refractivity contribution is -0.121. The van der Waals surface area contributed by atoms with Crippen molar-refractivity contribution in [2.45, 2.75) is 39.7 Å². The largest absolute Gasteiger partial charge is 0.492 e. The zero-order valence-corrected chi connectivity index (χ0v) is 17.6. The van der Waals surface area contributed by atoms with Gasteiger partial charge in [0.2, 0.25) is 5.91 Å². The predicted octanol–water partition coefficient (Wildman–Crippen LogP) is 3.09. The molecule has 1 atom stereocenters. The minimum Gasteiger partial charge on any atom is -0.492 e. The summed E-state index contributed by atoms with van der Waals surface area (Å²) in [6.45, 7) is 4.96. The van der Waals surface area contributed by atoms with E-state index in [1.807, 2.05) is 31.2 Å². The predicted molar refractivity (Wildman–Crippen MR) is 115 cm³/mol. The van der Waals surface area contributed by atoms with E-state index in [0.29, 0.717) is 24.5 Å². The SMILES string of the molecule is Cc1cccc(OCCNC(=O)Cn2cnc3sc4c(c3c2=O)CCC(C)C4)c1. The first-order valence-corrected chi connectivity index (χ1v) is 10.8. The van der Waals surface area contributed by atoms with Gasteiger partial charge in [0, 0.05) is 4.88 Å². The molecule has 0 saturated carbocycles. The van der Waals surface area contributed by atoms with Gasteiger partial charge in [0.1, 0.15) is 23.7 Å². The summed E-state index contributed by atoms with van der Waals surface area (Å²) in [6.07, 6.45) is 4.50. The zero-order chi connectivity index (χ0) is 20.4. The Labute approximate surface area is 173 Å². The molecule has 0 fully saturated rings. The highest BCUT2D eigenvalue weighted by atomic mass is 32.1. The molecule has 4 rings (SSSR count). The number of ether oxygens (including phenoxy) is 1. The molecule has 0 aliphatic heterocycles. The normalized spacial score (nSPS) is 15.9. The summed E-state index contributed by atoms with van der Waals surface area (Å²) in [5.74, 6) is 1.20. The third kappa shape index (κ3) is 4.34. The molecule has 2 aromatic heterocycles. The second-order valence-electron chi connectivity index (χ2n) is 7.72. The van der Waals surface area contributed by atoms with Crippen LogP contribution >= 0.6 is 11.3 Å². The summed E-state index contributed by atoms with van der Waals surface area (Å²) >= 11 is 1.62. The zero-order valence-electron chi connectivity index (χ0n) is 16.7. The third-order valence-corrected chi connectivity index (χ3v) is 6.44. The third-order valence-electron chi connectivity index (χ3n) is 5.28. The molecule has 1 N–H and O–H groups in total. The summed E-state index contributed by atoms with van der Waals surface area (Å²) < 4.78 is 7.04. The minimum absolute atomic E-state index is 0.0345. The molecule has 1 unspecified atom stereocenters. The summed E-state index contributed by atoms with van der Waals surface area (Å²) in [6, 6.07) is 7.77. The van der Waals surface area contributed by atoms with Gasteiger partial charge in [-0.2, -0.15) is 0 Å². The number of fused-ring (bicyclic) bond motifs is 3. The molecular formula is C22H25N3O3S. The van der Waals surface area contributed by atoms with Crippen molar-refractivity contribution < 1.29 is 9.53 Å². The highest BCUT2D eigenvalue weighted by Gasteiger charge is 2.23. The number of hydrogen-bond acceptors (Lipinski definition) is 5. The summed E-state index contributed by atoms with van der Waals surface area (Å²) in [5, 5.41) is 3.51. The van der Waals surface area contributed by atoms with E-state index in [1.165, 1.54) is 15.8 Å². The van der Waals surface area contributed by atoms with Crippen LogP contribution in [-0.4, -0.2) is 28.6 Å². The van der Waals surface area contributed by atoms with Crippen molar-refractivity contribution in [3.05, 3.63) is 57.0 Å². The molecule has 0 saturated heterocycles. The van der Waals surface area contributed by atoms with Crippen molar-refractivity contribution in [3.63, 3.8) is 0 Å². The lowest BCUT2D eigenvalue weighted by atomic mass is 9.89. The van der Waals surface area contributed by atoms with E-state index in [1.54, 1.807) is 11.3 Å². The summed E-state index contributed by atoms with van der Waals surface area (Å²) in [7, 11) is 0. The van der Waals surface area contributed by atoms with Gasteiger partial charge in [0.25, 0.3) is 5.56 Å². The molecule has 0 bridgehead atoms. The molecule has 3 aromatic rings. The van der Waals surface area contributed by atoms with Crippen LogP contribution in [0.15, 0.2) is 35.4 Å². The van der Waals surface area contributed by atoms with Crippen molar-refractivity contribution in [1.82, 2.24) is 14.9 Å². The van der Waals surface area contributed by atoms with Crippen molar-refractivity contribution in [1.29, 1.82) is 0 Å². The molecule has 6 nitrogen and oxygen atoms in total. The average molecular weight is 412 g/mol. The Balaban J connectivity index is 1.38. The molecule has 2 heterocycles. The Bertz CT molecular complexity index is 1100. The van der Waals surface area contributed by atoms with Gasteiger partial charge in [-0.1, -0.05) is 19.1 Å². The van der Waals surface area contributed by atoms with E-state index < -0.39 is 0 Å². The van der Waals surface area contributed by atoms with Gasteiger partial charge >= 0.3 is 0 Å². The first-order chi connectivity index (χ1) is 14.0. The molecule has 1 aliphatic rings. The van der Waals surface area contributed by atoms with Crippen LogP contribution in [0.5, 0.6) is 5.75 Å². The van der Waals surface area contributed by atoms with Gasteiger partial charge in [0.15, 0.2) is 0 Å². The van der Waals surface area contributed by atoms with Crippen LogP contribution in [0.2, 0.25) is 0 Å². The van der Waals surface area contributed by atoms with E-state index in [2.05, 4.69) is 17.2 Å². The van der Waals surface area contributed by atoms with Crippen LogP contribution in [0.1, 0.15) is 29.3 Å². The number of hydrogen-bond donors (Lipinski definition) is 1. The molecular weight excluding hydrogens is 386 g/mol. The second kappa shape index (κ2) is 8.37. The van der Waals surface area contributed by atoms with Gasteiger partial charge in [-0.25, -0.2) is 4.98 Å². The van der Waals surface area contributed by atoms with E-state index in [-0.39, 0.29) is 18.0 Å². The molecule has 1 aliphatic carbocycles. The fraction of sp³-hybridized carbons (Fsp3) is 0.409. The second-order valence-corrected chi connectivity index (χ2v) is 8.81. The van der Waals surface area contributed by atoms with Crippen molar-refractivity contribution in [2.24, 2.45) is 5.92 Å². The summed E-state index contributed by atoms with van der Waals surface area (Å²) in [5.41, 5.74) is 2.15. The van der Waals surface area contributed by atoms with Crippen molar-refractivity contribution in [3.8, 4) is 5.75 Å². The number of thiophene rings is 1. The van der Waals surface area contributed by atoms with Gasteiger partial charge < -0.3 is 10.1 Å². The fourth-order valence-corrected chi connectivity index (χ4v) is 5.09. The molecule has 1 amide bonds. The number of nitrogens with zero attached hydrogens (tertiary/aromatic N) is 2. The number of benzene rings is 1. The minimum atomic E-state index is -0.223. The molecule has 0 radical (unpaired) electrons. The van der Waals surface area contributed by atoms with E-state index in [0.717, 1.165) is 41.0 Å². The smallest absolute Gasteiger partial charge is 0.262 e. The highest BCUT2D eigenvalue weighted by molar-refractivity contribution is 7.18. The number of carbonyl (C=O) groups is 1. The van der Waals surface area contributed by atoms with Crippen LogP contribution in [0.4, 0.5) is 0 Å². The Hall–Kier alpha value is -2.67. The standard InChI is InChI=1S/C22H25N3O3S/c1-14-4-3-5-16(10-14)28-9-8-23-19(26)12-25-13-24-21-20(22(25)27)17-7-6-15(2)11-18(17)29-21/h3-5,10,13,15H,6-9,11-12H2,1-2H3,(H,23,26). The Kier molecular flexibility index (Phi) is 5.67. The van der Waals surface area contributed by atoms with Gasteiger partial charge in [-0.15, -0.1) is 11.3 Å². The van der Waals surface area contributed by atoms with Gasteiger partial charge in [0.05, 0.1) is 18.3 Å². The quantitative estimate of drug-likeness (QED) is 0.633. The topological polar surface area (TPSA) is 73.2 Å². The summed E-state index contributed by atoms with van der Waals surface area (Å²) in [4.78, 5) is 31.7. The van der Waals surface area contributed by atoms with E-state index in [4.69, 9.17) is 4.74 Å². The first kappa shape index (κ1) is 19.6. The molecule has 29 heavy (non-hydrogen) atoms. The lowest BCUT2D eigenvalue weighted by Gasteiger charge is -2.17. The van der Waals surface area contributed by atoms with Crippen LogP contribution in [0.3, 0.4) is 0 Å². The maximum atomic E-state index is 13.0. The number of aromatic nitrogens is 2. The average Bonchev–Trinajstić information content (AvgIpc) is 3.06. The Morgan fingerprint density at radius 3 is 3.10 bits per heavy atom. The van der Waals surface area contributed by atoms with Crippen LogP contribution < -0.4 is 15.6 Å². The van der Waals surface area contributed by atoms with Crippen LogP contribution in [0, 0.1) is 12.8 Å². The fourth-order valence-electron chi connectivity index (χ4n) is 3.75. The first-order valence-electron chi connectivity index (χ1n) is 9.97. The molecule has 7 heteroatoms. The number of nitrogens with one attached hydrogen (secondary N) is 1. The molecule has 1 aromatic carbocycles. The number of amides is 1. The van der Waals surface area contributed by atoms with Crippen LogP contribution in [-0.2, 0) is 24.2 Å². The number of rotatable bonds is 6. The Morgan fingerprint density at radius 1 is 1.41 bits per heavy atom. The lowest BCUT2D eigenvalue weighted by Crippen LogP contribution is -2.34. The van der Waals surface area contributed by atoms with E-state index >= 15 is 0 Å². The van der Waals surface area contributed by atoms with E-state index in [9.17, 15) is 9.59 Å². The molecule has 152 valence electrons. The van der Waals surface area contributed by atoms with Gasteiger partial charge in [-0.05, 0) is 55.4 Å². The van der Waals surface area contributed by atoms with Gasteiger partial charge in [-0.3, -0.25) is 14.2 Å². The maximum absolute atomic E-state index is 13.0.